The Morgan fingerprint density at radius 1 is 1.19 bits per heavy atom. The van der Waals surface area contributed by atoms with Crippen LogP contribution in [-0.4, -0.2) is 58.7 Å². The molecule has 3 aliphatic heterocycles. The van der Waals surface area contributed by atoms with Gasteiger partial charge in [0, 0.05) is 41.7 Å². The maximum atomic E-state index is 14.8. The fraction of sp³-hybridized carbons (Fsp3) is 0.467. The Morgan fingerprint density at radius 3 is 2.64 bits per heavy atom. The first-order valence-corrected chi connectivity index (χ1v) is 16.4. The summed E-state index contributed by atoms with van der Waals surface area (Å²) in [6.45, 7) is 4.36. The summed E-state index contributed by atoms with van der Waals surface area (Å²) in [5, 5.41) is 9.27. The highest BCUT2D eigenvalue weighted by Gasteiger charge is 2.43. The predicted octanol–water partition coefficient (Wildman–Crippen LogP) is 6.24. The van der Waals surface area contributed by atoms with Crippen molar-refractivity contribution in [1.29, 1.82) is 0 Å². The third-order valence-electron chi connectivity index (χ3n) is 8.70. The van der Waals surface area contributed by atoms with Gasteiger partial charge >= 0.3 is 5.97 Å². The molecule has 2 saturated heterocycles. The molecule has 1 aromatic heterocycles. The van der Waals surface area contributed by atoms with E-state index in [1.807, 2.05) is 22.8 Å². The number of likely N-dealkylation sites (tertiary alicyclic amines) is 1. The summed E-state index contributed by atoms with van der Waals surface area (Å²) in [5.41, 5.74) is 2.13. The third-order valence-corrected chi connectivity index (χ3v) is 11.2. The Kier molecular flexibility index (Phi) is 7.90. The molecule has 9 nitrogen and oxygen atoms in total. The van der Waals surface area contributed by atoms with Crippen LogP contribution in [0.5, 0.6) is 11.5 Å². The largest absolute Gasteiger partial charge is 0.481 e. The van der Waals surface area contributed by atoms with Crippen molar-refractivity contribution in [3.8, 4) is 11.5 Å². The number of piperidine rings is 1. The predicted molar refractivity (Wildman–Crippen MR) is 158 cm³/mol. The minimum Gasteiger partial charge on any atom is -0.481 e. The fourth-order valence-electron chi connectivity index (χ4n) is 6.19. The number of carboxylic acid groups (broad SMARTS) is 1. The summed E-state index contributed by atoms with van der Waals surface area (Å²) in [5.74, 6) is 0.0345. The molecule has 2 fully saturated rings. The van der Waals surface area contributed by atoms with Crippen molar-refractivity contribution in [2.24, 2.45) is 0 Å². The van der Waals surface area contributed by atoms with E-state index in [2.05, 4.69) is 9.88 Å². The number of fused-ring (bicyclic) bond motifs is 1. The van der Waals surface area contributed by atoms with Crippen molar-refractivity contribution < 1.29 is 32.9 Å². The first-order valence-electron chi connectivity index (χ1n) is 14.2. The molecule has 226 valence electrons. The molecule has 6 rings (SSSR count). The highest BCUT2D eigenvalue weighted by atomic mass is 35.5. The summed E-state index contributed by atoms with van der Waals surface area (Å²) < 4.78 is 49.8. The second-order valence-corrected chi connectivity index (χ2v) is 14.4. The molecule has 0 aliphatic carbocycles. The molecule has 0 radical (unpaired) electrons. The number of ether oxygens (including phenoxy) is 2. The van der Waals surface area contributed by atoms with Crippen LogP contribution in [0.25, 0.3) is 0 Å². The molecule has 0 bridgehead atoms. The van der Waals surface area contributed by atoms with Crippen LogP contribution < -0.4 is 9.47 Å². The molecule has 42 heavy (non-hydrogen) atoms. The van der Waals surface area contributed by atoms with E-state index >= 15 is 0 Å². The van der Waals surface area contributed by atoms with Gasteiger partial charge in [-0.05, 0) is 69.0 Å². The zero-order valence-corrected chi connectivity index (χ0v) is 24.9. The van der Waals surface area contributed by atoms with Gasteiger partial charge < -0.3 is 19.1 Å². The molecule has 3 aromatic rings. The van der Waals surface area contributed by atoms with E-state index in [0.29, 0.717) is 41.8 Å². The zero-order chi connectivity index (χ0) is 29.6. The number of carboxylic acids is 1. The number of halogens is 2. The van der Waals surface area contributed by atoms with Crippen LogP contribution in [0.15, 0.2) is 42.6 Å². The number of aryl methyl sites for hydroxylation is 1. The number of imidazole rings is 1. The Balaban J connectivity index is 1.14. The average molecular weight is 620 g/mol. The van der Waals surface area contributed by atoms with E-state index in [9.17, 15) is 23.4 Å². The third kappa shape index (κ3) is 5.72. The number of nitrogens with zero attached hydrogens (tertiary/aromatic N) is 3. The monoisotopic (exact) mass is 619 g/mol. The van der Waals surface area contributed by atoms with E-state index in [1.165, 1.54) is 6.07 Å². The highest BCUT2D eigenvalue weighted by molar-refractivity contribution is 8.25. The van der Waals surface area contributed by atoms with Crippen molar-refractivity contribution in [2.45, 2.75) is 69.1 Å². The lowest BCUT2D eigenvalue weighted by Crippen LogP contribution is -2.38. The molecular formula is C30H35ClFN3O6S. The van der Waals surface area contributed by atoms with Gasteiger partial charge in [0.25, 0.3) is 5.79 Å². The van der Waals surface area contributed by atoms with E-state index in [1.54, 1.807) is 25.3 Å². The van der Waals surface area contributed by atoms with Crippen LogP contribution in [-0.2, 0) is 30.1 Å². The summed E-state index contributed by atoms with van der Waals surface area (Å²) >= 11 is 5.95. The van der Waals surface area contributed by atoms with Gasteiger partial charge in [-0.1, -0.05) is 23.7 Å². The molecule has 2 unspecified atom stereocenters. The van der Waals surface area contributed by atoms with Gasteiger partial charge in [-0.15, -0.1) is 0 Å². The lowest BCUT2D eigenvalue weighted by molar-refractivity contribution is -0.137. The minimum absolute atomic E-state index is 0.00562. The van der Waals surface area contributed by atoms with Crippen LogP contribution in [0.2, 0.25) is 5.02 Å². The van der Waals surface area contributed by atoms with Gasteiger partial charge in [-0.3, -0.25) is 18.8 Å². The Morgan fingerprint density at radius 2 is 1.98 bits per heavy atom. The van der Waals surface area contributed by atoms with Crippen molar-refractivity contribution in [2.75, 3.05) is 18.8 Å². The summed E-state index contributed by atoms with van der Waals surface area (Å²) in [4.78, 5) is 18.2. The van der Waals surface area contributed by atoms with E-state index in [-0.39, 0.29) is 23.2 Å². The van der Waals surface area contributed by atoms with Crippen molar-refractivity contribution >= 4 is 28.2 Å². The van der Waals surface area contributed by atoms with Gasteiger partial charge in [0.05, 0.1) is 23.8 Å². The van der Waals surface area contributed by atoms with Crippen molar-refractivity contribution in [1.82, 2.24) is 14.5 Å². The number of benzene rings is 2. The fourth-order valence-corrected chi connectivity index (χ4v) is 7.72. The van der Waals surface area contributed by atoms with Gasteiger partial charge in [0.15, 0.2) is 11.5 Å². The van der Waals surface area contributed by atoms with Crippen molar-refractivity contribution in [3.05, 3.63) is 76.1 Å². The lowest BCUT2D eigenvalue weighted by Gasteiger charge is -2.49. The number of hydrogen-bond acceptors (Lipinski definition) is 7. The Labute approximate surface area is 250 Å². The number of aromatic nitrogens is 2. The number of carbonyl (C=O) groups is 1. The standard InChI is InChI=1S/C30H35ClFN3O6S/c1-30(24-7-5-20(31)15-25(24)32)40-26-4-2-3-23(29(26)41-30)19-9-12-34(13-10-19)18-27-33-16-21(6-8-28(36)37)35(27)17-22-11-14-42(22,38)39/h2-5,7,15-16,19,22,38-39H,6,8-14,17-18H2,1H3,(H,36,37). The number of hydrogen-bond donors (Lipinski definition) is 3. The van der Waals surface area contributed by atoms with E-state index in [0.717, 1.165) is 49.4 Å². The van der Waals surface area contributed by atoms with Crippen LogP contribution in [0, 0.1) is 5.82 Å². The van der Waals surface area contributed by atoms with Gasteiger partial charge in [0.1, 0.15) is 11.6 Å². The quantitative estimate of drug-likeness (QED) is 0.258. The molecule has 2 aromatic carbocycles. The maximum absolute atomic E-state index is 14.8. The van der Waals surface area contributed by atoms with Crippen LogP contribution >= 0.6 is 22.2 Å². The smallest absolute Gasteiger partial charge is 0.303 e. The van der Waals surface area contributed by atoms with Crippen LogP contribution in [0.4, 0.5) is 4.39 Å². The number of para-hydroxylation sites is 1. The molecule has 0 saturated carbocycles. The molecule has 0 spiro atoms. The average Bonchev–Trinajstić information content (AvgIpc) is 3.49. The van der Waals surface area contributed by atoms with E-state index < -0.39 is 28.2 Å². The lowest BCUT2D eigenvalue weighted by atomic mass is 9.88. The molecule has 3 aliphatic rings. The van der Waals surface area contributed by atoms with E-state index in [4.69, 9.17) is 21.1 Å². The molecule has 0 amide bonds. The highest BCUT2D eigenvalue weighted by Crippen LogP contribution is 2.56. The molecule has 12 heteroatoms. The normalized spacial score (nSPS) is 24.4. The summed E-state index contributed by atoms with van der Waals surface area (Å²) in [6.07, 6.45) is 4.55. The van der Waals surface area contributed by atoms with Gasteiger partial charge in [-0.2, -0.15) is 10.6 Å². The minimum atomic E-state index is -2.60. The van der Waals surface area contributed by atoms with Gasteiger partial charge in [-0.25, -0.2) is 9.37 Å². The van der Waals surface area contributed by atoms with Crippen molar-refractivity contribution in [3.63, 3.8) is 0 Å². The SMILES string of the molecule is CC1(c2ccc(Cl)cc2F)Oc2cccc(C3CCN(Cc4ncc(CCC(=O)O)n4CC4CCS4(O)O)CC3)c2O1. The molecule has 4 heterocycles. The molecule has 2 atom stereocenters. The Bertz CT molecular complexity index is 1490. The number of aliphatic carboxylic acids is 1. The maximum Gasteiger partial charge on any atom is 0.303 e. The molecule has 3 N–H and O–H groups in total. The van der Waals surface area contributed by atoms with Crippen LogP contribution in [0.3, 0.4) is 0 Å². The molecular weight excluding hydrogens is 585 g/mol. The second kappa shape index (κ2) is 11.3. The summed E-state index contributed by atoms with van der Waals surface area (Å²) in [6, 6.07) is 10.3. The number of rotatable bonds is 9. The summed E-state index contributed by atoms with van der Waals surface area (Å²) in [7, 11) is -2.60. The Hall–Kier alpha value is -2.83. The first kappa shape index (κ1) is 29.3. The van der Waals surface area contributed by atoms with Crippen LogP contribution in [0.1, 0.15) is 61.2 Å². The first-order chi connectivity index (χ1) is 20.0. The topological polar surface area (TPSA) is 117 Å². The second-order valence-electron chi connectivity index (χ2n) is 11.5. The van der Waals surface area contributed by atoms with Gasteiger partial charge in [0.2, 0.25) is 0 Å². The zero-order valence-electron chi connectivity index (χ0n) is 23.3.